The lowest BCUT2D eigenvalue weighted by Crippen LogP contribution is -2.17. The van der Waals surface area contributed by atoms with E-state index in [1.807, 2.05) is 24.0 Å². The number of benzene rings is 1. The molecule has 1 unspecified atom stereocenters. The fourth-order valence-corrected chi connectivity index (χ4v) is 2.24. The summed E-state index contributed by atoms with van der Waals surface area (Å²) >= 11 is 1.92. The van der Waals surface area contributed by atoms with Gasteiger partial charge in [0.15, 0.2) is 0 Å². The molecule has 2 rings (SSSR count). The molecule has 0 aliphatic rings. The van der Waals surface area contributed by atoms with Crippen LogP contribution < -0.4 is 5.32 Å². The van der Waals surface area contributed by atoms with Gasteiger partial charge in [0.25, 0.3) is 0 Å². The molecule has 96 valence electrons. The van der Waals surface area contributed by atoms with Crippen LogP contribution in [0.25, 0.3) is 10.9 Å². The van der Waals surface area contributed by atoms with Gasteiger partial charge < -0.3 is 5.32 Å². The molecule has 0 fully saturated rings. The molecule has 2 aromatic rings. The Morgan fingerprint density at radius 1 is 1.33 bits per heavy atom. The van der Waals surface area contributed by atoms with Crippen molar-refractivity contribution in [3.05, 3.63) is 42.1 Å². The van der Waals surface area contributed by atoms with Crippen LogP contribution in [0.5, 0.6) is 0 Å². The Balaban J connectivity index is 1.88. The maximum Gasteiger partial charge on any atom is 0.0702 e. The summed E-state index contributed by atoms with van der Waals surface area (Å²) in [5.74, 6) is 0. The highest BCUT2D eigenvalue weighted by atomic mass is 32.2. The highest BCUT2D eigenvalue weighted by Gasteiger charge is 1.99. The van der Waals surface area contributed by atoms with Gasteiger partial charge >= 0.3 is 0 Å². The third-order valence-corrected chi connectivity index (χ3v) is 4.17. The first-order valence-electron chi connectivity index (χ1n) is 6.37. The number of pyridine rings is 1. The summed E-state index contributed by atoms with van der Waals surface area (Å²) in [5, 5.41) is 5.45. The Morgan fingerprint density at radius 3 is 3.06 bits per heavy atom. The van der Waals surface area contributed by atoms with Crippen molar-refractivity contribution in [2.75, 3.05) is 12.8 Å². The van der Waals surface area contributed by atoms with Crippen LogP contribution in [0.4, 0.5) is 0 Å². The van der Waals surface area contributed by atoms with E-state index in [1.165, 1.54) is 17.4 Å². The van der Waals surface area contributed by atoms with Crippen LogP contribution in [0, 0.1) is 0 Å². The number of fused-ring (bicyclic) bond motifs is 1. The lowest BCUT2D eigenvalue weighted by Gasteiger charge is -2.09. The minimum Gasteiger partial charge on any atom is -0.313 e. The number of rotatable bonds is 6. The molecule has 1 aromatic carbocycles. The molecule has 0 radical (unpaired) electrons. The van der Waals surface area contributed by atoms with E-state index >= 15 is 0 Å². The molecule has 0 saturated carbocycles. The zero-order chi connectivity index (χ0) is 12.8. The van der Waals surface area contributed by atoms with Crippen LogP contribution in [-0.2, 0) is 6.54 Å². The third-order valence-electron chi connectivity index (χ3n) is 3.13. The van der Waals surface area contributed by atoms with Crippen molar-refractivity contribution in [3.63, 3.8) is 0 Å². The topological polar surface area (TPSA) is 24.9 Å². The number of nitrogens with one attached hydrogen (secondary N) is 1. The first kappa shape index (κ1) is 13.4. The molecule has 3 heteroatoms. The summed E-state index contributed by atoms with van der Waals surface area (Å²) in [6, 6.07) is 10.6. The van der Waals surface area contributed by atoms with Crippen LogP contribution in [0.2, 0.25) is 0 Å². The largest absolute Gasteiger partial charge is 0.313 e. The van der Waals surface area contributed by atoms with Crippen LogP contribution in [-0.4, -0.2) is 23.0 Å². The third kappa shape index (κ3) is 3.72. The van der Waals surface area contributed by atoms with Crippen molar-refractivity contribution in [1.29, 1.82) is 0 Å². The summed E-state index contributed by atoms with van der Waals surface area (Å²) in [4.78, 5) is 4.33. The standard InChI is InChI=1S/C15H20N2S/c1-12(18-2)7-9-16-11-13-5-6-15-14(10-13)4-3-8-17-15/h3-6,8,10,12,16H,7,9,11H2,1-2H3. The van der Waals surface area contributed by atoms with Crippen molar-refractivity contribution in [3.8, 4) is 0 Å². The van der Waals surface area contributed by atoms with E-state index in [9.17, 15) is 0 Å². The average Bonchev–Trinajstić information content (AvgIpc) is 2.43. The van der Waals surface area contributed by atoms with Crippen molar-refractivity contribution >= 4 is 22.7 Å². The van der Waals surface area contributed by atoms with Gasteiger partial charge in [-0.3, -0.25) is 4.98 Å². The molecule has 1 N–H and O–H groups in total. The summed E-state index contributed by atoms with van der Waals surface area (Å²) in [6.07, 6.45) is 5.22. The predicted octanol–water partition coefficient (Wildman–Crippen LogP) is 3.47. The smallest absolute Gasteiger partial charge is 0.0702 e. The van der Waals surface area contributed by atoms with Crippen LogP contribution in [0.15, 0.2) is 36.5 Å². The lowest BCUT2D eigenvalue weighted by molar-refractivity contribution is 0.648. The Morgan fingerprint density at radius 2 is 2.22 bits per heavy atom. The lowest BCUT2D eigenvalue weighted by atomic mass is 10.1. The highest BCUT2D eigenvalue weighted by molar-refractivity contribution is 7.99. The summed E-state index contributed by atoms with van der Waals surface area (Å²) in [7, 11) is 0. The molecular formula is C15H20N2S. The monoisotopic (exact) mass is 260 g/mol. The number of nitrogens with zero attached hydrogens (tertiary/aromatic N) is 1. The zero-order valence-corrected chi connectivity index (χ0v) is 11.8. The van der Waals surface area contributed by atoms with E-state index in [0.29, 0.717) is 0 Å². The molecule has 0 spiro atoms. The molecule has 0 aliphatic carbocycles. The molecule has 0 bridgehead atoms. The van der Waals surface area contributed by atoms with Gasteiger partial charge in [0.05, 0.1) is 5.52 Å². The first-order chi connectivity index (χ1) is 8.79. The number of aromatic nitrogens is 1. The SMILES string of the molecule is CSC(C)CCNCc1ccc2ncccc2c1. The van der Waals surface area contributed by atoms with Gasteiger partial charge in [0.2, 0.25) is 0 Å². The second-order valence-corrected chi connectivity index (χ2v) is 5.82. The molecule has 1 heterocycles. The molecule has 1 atom stereocenters. The summed E-state index contributed by atoms with van der Waals surface area (Å²) < 4.78 is 0. The maximum absolute atomic E-state index is 4.33. The molecule has 0 saturated heterocycles. The summed E-state index contributed by atoms with van der Waals surface area (Å²) in [6.45, 7) is 4.28. The average molecular weight is 260 g/mol. The molecule has 18 heavy (non-hydrogen) atoms. The van der Waals surface area contributed by atoms with Crippen molar-refractivity contribution in [2.24, 2.45) is 0 Å². The van der Waals surface area contributed by atoms with Gasteiger partial charge in [-0.25, -0.2) is 0 Å². The van der Waals surface area contributed by atoms with Crippen LogP contribution in [0.3, 0.4) is 0 Å². The van der Waals surface area contributed by atoms with Gasteiger partial charge in [-0.2, -0.15) is 11.8 Å². The fourth-order valence-electron chi connectivity index (χ4n) is 1.89. The van der Waals surface area contributed by atoms with Crippen LogP contribution in [0.1, 0.15) is 18.9 Å². The van der Waals surface area contributed by atoms with Crippen LogP contribution >= 0.6 is 11.8 Å². The zero-order valence-electron chi connectivity index (χ0n) is 11.0. The Kier molecular flexibility index (Phi) is 5.02. The van der Waals surface area contributed by atoms with Gasteiger partial charge in [-0.15, -0.1) is 0 Å². The molecule has 1 aromatic heterocycles. The number of hydrogen-bond donors (Lipinski definition) is 1. The second kappa shape index (κ2) is 6.76. The molecule has 2 nitrogen and oxygen atoms in total. The molecular weight excluding hydrogens is 240 g/mol. The van der Waals surface area contributed by atoms with E-state index < -0.39 is 0 Å². The van der Waals surface area contributed by atoms with Gasteiger partial charge in [-0.05, 0) is 43.0 Å². The summed E-state index contributed by atoms with van der Waals surface area (Å²) in [5.41, 5.74) is 2.39. The minimum absolute atomic E-state index is 0.735. The predicted molar refractivity (Wildman–Crippen MR) is 81.0 cm³/mol. The number of hydrogen-bond acceptors (Lipinski definition) is 3. The van der Waals surface area contributed by atoms with Gasteiger partial charge in [-0.1, -0.05) is 19.1 Å². The van der Waals surface area contributed by atoms with E-state index in [4.69, 9.17) is 0 Å². The fraction of sp³-hybridized carbons (Fsp3) is 0.400. The van der Waals surface area contributed by atoms with E-state index in [-0.39, 0.29) is 0 Å². The quantitative estimate of drug-likeness (QED) is 0.805. The van der Waals surface area contributed by atoms with E-state index in [2.05, 4.69) is 47.7 Å². The molecule has 0 amide bonds. The maximum atomic E-state index is 4.33. The Hall–Kier alpha value is -1.06. The van der Waals surface area contributed by atoms with Crippen molar-refractivity contribution in [1.82, 2.24) is 10.3 Å². The van der Waals surface area contributed by atoms with E-state index in [1.54, 1.807) is 0 Å². The Bertz CT molecular complexity index is 499. The van der Waals surface area contributed by atoms with Crippen molar-refractivity contribution < 1.29 is 0 Å². The van der Waals surface area contributed by atoms with Gasteiger partial charge in [0.1, 0.15) is 0 Å². The molecule has 0 aliphatic heterocycles. The second-order valence-electron chi connectivity index (χ2n) is 4.54. The first-order valence-corrected chi connectivity index (χ1v) is 7.65. The Labute approximate surface area is 113 Å². The van der Waals surface area contributed by atoms with Crippen molar-refractivity contribution in [2.45, 2.75) is 25.1 Å². The van der Waals surface area contributed by atoms with E-state index in [0.717, 1.165) is 23.9 Å². The highest BCUT2D eigenvalue weighted by Crippen LogP contribution is 2.13. The minimum atomic E-state index is 0.735. The van der Waals surface area contributed by atoms with Gasteiger partial charge in [0, 0.05) is 23.4 Å². The normalized spacial score (nSPS) is 12.8. The number of thioether (sulfide) groups is 1.